The zero-order chi connectivity index (χ0) is 23.7. The number of nitrogens with one attached hydrogen (secondary N) is 2. The van der Waals surface area contributed by atoms with Crippen LogP contribution in [0.1, 0.15) is 54.9 Å². The van der Waals surface area contributed by atoms with E-state index >= 15 is 0 Å². The van der Waals surface area contributed by atoms with Crippen molar-refractivity contribution in [1.82, 2.24) is 4.98 Å². The van der Waals surface area contributed by atoms with Gasteiger partial charge in [0.05, 0.1) is 11.1 Å². The smallest absolute Gasteiger partial charge is 0.416 e. The molecule has 33 heavy (non-hydrogen) atoms. The molecule has 0 saturated carbocycles. The Kier molecular flexibility index (Phi) is 9.26. The van der Waals surface area contributed by atoms with Crippen LogP contribution in [-0.4, -0.2) is 49.8 Å². The largest absolute Gasteiger partial charge is 0.453 e. The summed E-state index contributed by atoms with van der Waals surface area (Å²) in [5.74, 6) is -0.351. The maximum Gasteiger partial charge on any atom is 0.416 e. The molecule has 2 heterocycles. The summed E-state index contributed by atoms with van der Waals surface area (Å²) in [6.07, 6.45) is 3.87. The minimum absolute atomic E-state index is 0.181. The maximum atomic E-state index is 13.1. The van der Waals surface area contributed by atoms with Gasteiger partial charge in [-0.1, -0.05) is 32.3 Å². The molecule has 1 unspecified atom stereocenters. The molecule has 0 bridgehead atoms. The van der Waals surface area contributed by atoms with Crippen molar-refractivity contribution >= 4 is 11.7 Å². The molecular weight excluding hydrogens is 431 g/mol. The molecular formula is C25H34F3N3O2+2. The van der Waals surface area contributed by atoms with Crippen LogP contribution in [0.3, 0.4) is 0 Å². The normalized spacial score (nSPS) is 19.8. The molecule has 8 heteroatoms. The highest BCUT2D eigenvalue weighted by Crippen LogP contribution is 2.29. The molecule has 1 aromatic heterocycles. The van der Waals surface area contributed by atoms with Gasteiger partial charge >= 0.3 is 12.1 Å². The summed E-state index contributed by atoms with van der Waals surface area (Å²) in [6, 6.07) is 9.04. The van der Waals surface area contributed by atoms with Crippen LogP contribution in [0.4, 0.5) is 18.9 Å². The van der Waals surface area contributed by atoms with Gasteiger partial charge in [0.1, 0.15) is 38.4 Å². The number of unbranched alkanes of at least 4 members (excludes halogenated alkanes) is 3. The summed E-state index contributed by atoms with van der Waals surface area (Å²) in [4.78, 5) is 19.0. The van der Waals surface area contributed by atoms with Gasteiger partial charge < -0.3 is 9.64 Å². The molecule has 0 radical (unpaired) electrons. The van der Waals surface area contributed by atoms with Crippen molar-refractivity contribution in [2.24, 2.45) is 0 Å². The highest BCUT2D eigenvalue weighted by atomic mass is 19.4. The molecule has 3 rings (SSSR count). The van der Waals surface area contributed by atoms with E-state index in [1.54, 1.807) is 24.4 Å². The number of hydrogen-bond donors (Lipinski definition) is 2. The number of alkyl halides is 3. The second-order valence-electron chi connectivity index (χ2n) is 8.75. The van der Waals surface area contributed by atoms with E-state index in [1.165, 1.54) is 23.2 Å². The van der Waals surface area contributed by atoms with Gasteiger partial charge in [0.2, 0.25) is 0 Å². The summed E-state index contributed by atoms with van der Waals surface area (Å²) in [7, 11) is 0. The minimum atomic E-state index is -4.33. The van der Waals surface area contributed by atoms with Crippen LogP contribution >= 0.6 is 0 Å². The fourth-order valence-corrected chi connectivity index (χ4v) is 4.34. The Morgan fingerprint density at radius 2 is 1.88 bits per heavy atom. The van der Waals surface area contributed by atoms with Gasteiger partial charge in [0.25, 0.3) is 0 Å². The Bertz CT molecular complexity index is 869. The van der Waals surface area contributed by atoms with Gasteiger partial charge in [-0.15, -0.1) is 0 Å². The van der Waals surface area contributed by atoms with E-state index in [4.69, 9.17) is 4.74 Å². The monoisotopic (exact) mass is 465 g/mol. The lowest BCUT2D eigenvalue weighted by Crippen LogP contribution is -3.26. The van der Waals surface area contributed by atoms with Crippen molar-refractivity contribution in [2.75, 3.05) is 32.7 Å². The molecule has 180 valence electrons. The molecule has 1 saturated heterocycles. The van der Waals surface area contributed by atoms with Crippen molar-refractivity contribution in [3.05, 3.63) is 59.9 Å². The summed E-state index contributed by atoms with van der Waals surface area (Å²) in [5, 5.41) is 0. The first-order chi connectivity index (χ1) is 15.9. The van der Waals surface area contributed by atoms with Crippen molar-refractivity contribution in [2.45, 2.75) is 51.3 Å². The highest BCUT2D eigenvalue weighted by Gasteiger charge is 2.33. The number of carbonyl (C=O) groups is 1. The lowest BCUT2D eigenvalue weighted by atomic mass is 10.1. The number of ether oxygens (including phenoxy) is 1. The van der Waals surface area contributed by atoms with Crippen LogP contribution in [0, 0.1) is 0 Å². The molecule has 0 aliphatic carbocycles. The standard InChI is InChI=1S/C25H32F3N3O2/c1-2-3-4-5-11-23(33-24(32)20-8-7-12-29-18-20)19-30-13-15-31(16-14-30)22-10-6-9-21(17-22)25(26,27)28/h6-10,12,17-18,23H,2-5,11,13-16,19H2,1H3/p+2. The molecule has 1 fully saturated rings. The number of quaternary nitrogens is 2. The number of nitrogens with zero attached hydrogens (tertiary/aromatic N) is 1. The fraction of sp³-hybridized carbons (Fsp3) is 0.520. The summed E-state index contributed by atoms with van der Waals surface area (Å²) in [5.41, 5.74) is 0.532. The lowest BCUT2D eigenvalue weighted by molar-refractivity contribution is -0.987. The van der Waals surface area contributed by atoms with Crippen molar-refractivity contribution in [3.63, 3.8) is 0 Å². The average Bonchev–Trinajstić information content (AvgIpc) is 2.82. The molecule has 2 N–H and O–H groups in total. The first kappa shape index (κ1) is 25.2. The second-order valence-corrected chi connectivity index (χ2v) is 8.75. The average molecular weight is 466 g/mol. The predicted molar refractivity (Wildman–Crippen MR) is 120 cm³/mol. The van der Waals surface area contributed by atoms with Gasteiger partial charge in [-0.05, 0) is 37.1 Å². The number of benzene rings is 1. The molecule has 0 spiro atoms. The first-order valence-electron chi connectivity index (χ1n) is 11.8. The van der Waals surface area contributed by atoms with Crippen LogP contribution in [0.5, 0.6) is 0 Å². The van der Waals surface area contributed by atoms with Crippen LogP contribution in [0.15, 0.2) is 48.8 Å². The fourth-order valence-electron chi connectivity index (χ4n) is 4.34. The minimum Gasteiger partial charge on any atom is -0.453 e. The molecule has 1 aliphatic heterocycles. The molecule has 1 aromatic carbocycles. The third kappa shape index (κ3) is 7.82. The Balaban J connectivity index is 1.56. The first-order valence-corrected chi connectivity index (χ1v) is 11.8. The highest BCUT2D eigenvalue weighted by molar-refractivity contribution is 5.89. The Hall–Kier alpha value is -2.45. The van der Waals surface area contributed by atoms with Gasteiger partial charge in [0, 0.05) is 18.5 Å². The van der Waals surface area contributed by atoms with Crippen molar-refractivity contribution < 1.29 is 32.5 Å². The predicted octanol–water partition coefficient (Wildman–Crippen LogP) is 2.71. The molecule has 0 amide bonds. The summed E-state index contributed by atoms with van der Waals surface area (Å²) in [6.45, 7) is 6.01. The van der Waals surface area contributed by atoms with Crippen LogP contribution in [0.2, 0.25) is 0 Å². The number of piperazine rings is 1. The quantitative estimate of drug-likeness (QED) is 0.419. The third-order valence-corrected chi connectivity index (χ3v) is 6.23. The number of esters is 1. The molecule has 5 nitrogen and oxygen atoms in total. The van der Waals surface area contributed by atoms with E-state index in [0.717, 1.165) is 69.2 Å². The maximum absolute atomic E-state index is 13.1. The van der Waals surface area contributed by atoms with Crippen LogP contribution in [-0.2, 0) is 10.9 Å². The lowest BCUT2D eigenvalue weighted by Gasteiger charge is -2.31. The van der Waals surface area contributed by atoms with Crippen LogP contribution in [0.25, 0.3) is 0 Å². The Morgan fingerprint density at radius 3 is 2.55 bits per heavy atom. The zero-order valence-corrected chi connectivity index (χ0v) is 19.2. The van der Waals surface area contributed by atoms with Gasteiger partial charge in [-0.3, -0.25) is 9.88 Å². The summed E-state index contributed by atoms with van der Waals surface area (Å²) < 4.78 is 45.0. The molecule has 1 aliphatic rings. The van der Waals surface area contributed by atoms with E-state index in [2.05, 4.69) is 11.9 Å². The van der Waals surface area contributed by atoms with E-state index in [9.17, 15) is 18.0 Å². The molecule has 2 aromatic rings. The van der Waals surface area contributed by atoms with E-state index in [0.29, 0.717) is 17.8 Å². The Morgan fingerprint density at radius 1 is 1.09 bits per heavy atom. The topological polar surface area (TPSA) is 48.1 Å². The van der Waals surface area contributed by atoms with Crippen molar-refractivity contribution in [3.8, 4) is 0 Å². The van der Waals surface area contributed by atoms with E-state index < -0.39 is 11.7 Å². The number of halogens is 3. The SMILES string of the molecule is CCCCCCC(C[NH+]1CC[NH+](c2cccc(C(F)(F)F)c2)CC1)OC(=O)c1cccnc1. The van der Waals surface area contributed by atoms with Crippen LogP contribution < -0.4 is 9.80 Å². The van der Waals surface area contributed by atoms with E-state index in [-0.39, 0.29) is 12.1 Å². The number of rotatable bonds is 10. The van der Waals surface area contributed by atoms with Gasteiger partial charge in [0.15, 0.2) is 6.10 Å². The number of hydrogen-bond acceptors (Lipinski definition) is 3. The summed E-state index contributed by atoms with van der Waals surface area (Å²) >= 11 is 0. The number of pyridine rings is 1. The van der Waals surface area contributed by atoms with E-state index in [1.807, 2.05) is 0 Å². The van der Waals surface area contributed by atoms with Gasteiger partial charge in [-0.2, -0.15) is 13.2 Å². The third-order valence-electron chi connectivity index (χ3n) is 6.23. The van der Waals surface area contributed by atoms with Gasteiger partial charge in [-0.25, -0.2) is 4.79 Å². The number of carbonyl (C=O) groups excluding carboxylic acids is 1. The van der Waals surface area contributed by atoms with Crippen molar-refractivity contribution in [1.29, 1.82) is 0 Å². The zero-order valence-electron chi connectivity index (χ0n) is 19.2. The number of aromatic nitrogens is 1. The Labute approximate surface area is 193 Å². The second kappa shape index (κ2) is 12.1. The molecule has 1 atom stereocenters.